The zero-order valence-corrected chi connectivity index (χ0v) is 11.2. The summed E-state index contributed by atoms with van der Waals surface area (Å²) in [7, 11) is 0. The Morgan fingerprint density at radius 3 is 2.19 bits per heavy atom. The molecule has 100 valence electrons. The summed E-state index contributed by atoms with van der Waals surface area (Å²) >= 11 is 0. The van der Waals surface area contributed by atoms with Crippen LogP contribution in [0.5, 0.6) is 0 Å². The second-order valence-electron chi connectivity index (χ2n) is 5.19. The van der Waals surface area contributed by atoms with Crippen molar-refractivity contribution in [1.82, 2.24) is 0 Å². The van der Waals surface area contributed by atoms with Crippen molar-refractivity contribution in [3.63, 3.8) is 0 Å². The predicted octanol–water partition coefficient (Wildman–Crippen LogP) is 4.84. The Kier molecular flexibility index (Phi) is 2.45. The minimum absolute atomic E-state index is 0.321. The zero-order chi connectivity index (χ0) is 14.4. The topological polar surface area (TPSA) is 37.3 Å². The minimum Gasteiger partial charge on any atom is -0.478 e. The fraction of sp³-hybridized carbons (Fsp3) is 0. The maximum Gasteiger partial charge on any atom is 0.335 e. The van der Waals surface area contributed by atoms with Gasteiger partial charge in [0.05, 0.1) is 5.56 Å². The molecule has 21 heavy (non-hydrogen) atoms. The van der Waals surface area contributed by atoms with Gasteiger partial charge in [0.15, 0.2) is 0 Å². The largest absolute Gasteiger partial charge is 0.478 e. The summed E-state index contributed by atoms with van der Waals surface area (Å²) in [5.41, 5.74) is 0.321. The van der Waals surface area contributed by atoms with Gasteiger partial charge in [-0.2, -0.15) is 0 Å². The van der Waals surface area contributed by atoms with Crippen LogP contribution in [0.15, 0.2) is 66.7 Å². The average molecular weight is 272 g/mol. The smallest absolute Gasteiger partial charge is 0.335 e. The van der Waals surface area contributed by atoms with Crippen molar-refractivity contribution in [3.05, 3.63) is 72.3 Å². The van der Waals surface area contributed by atoms with Gasteiger partial charge in [0.1, 0.15) is 0 Å². The standard InChI is InChI=1S/C19H12O2/c20-19(21)15-9-10-17-14(11-15)8-7-13-6-5-12-3-1-2-4-16(12)18(13)17/h1-11H,(H,20,21). The number of hydrogen-bond acceptors (Lipinski definition) is 1. The summed E-state index contributed by atoms with van der Waals surface area (Å²) < 4.78 is 0. The summed E-state index contributed by atoms with van der Waals surface area (Å²) in [6.45, 7) is 0. The number of benzene rings is 4. The van der Waals surface area contributed by atoms with Gasteiger partial charge in [0.25, 0.3) is 0 Å². The molecule has 0 spiro atoms. The van der Waals surface area contributed by atoms with Gasteiger partial charge in [-0.05, 0) is 44.5 Å². The van der Waals surface area contributed by atoms with Gasteiger partial charge in [0.2, 0.25) is 0 Å². The molecule has 0 aliphatic heterocycles. The van der Waals surface area contributed by atoms with E-state index in [0.717, 1.165) is 10.8 Å². The first-order valence-electron chi connectivity index (χ1n) is 6.81. The predicted molar refractivity (Wildman–Crippen MR) is 85.9 cm³/mol. The first kappa shape index (κ1) is 11.9. The quantitative estimate of drug-likeness (QED) is 0.503. The van der Waals surface area contributed by atoms with E-state index < -0.39 is 5.97 Å². The molecule has 1 N–H and O–H groups in total. The Balaban J connectivity index is 2.21. The van der Waals surface area contributed by atoms with Crippen LogP contribution >= 0.6 is 0 Å². The molecule has 0 saturated heterocycles. The van der Waals surface area contributed by atoms with E-state index in [-0.39, 0.29) is 0 Å². The third-order valence-electron chi connectivity index (χ3n) is 3.97. The molecule has 0 aromatic heterocycles. The number of rotatable bonds is 1. The van der Waals surface area contributed by atoms with Crippen molar-refractivity contribution in [1.29, 1.82) is 0 Å². The lowest BCUT2D eigenvalue weighted by atomic mass is 9.95. The van der Waals surface area contributed by atoms with Crippen molar-refractivity contribution in [3.8, 4) is 0 Å². The maximum atomic E-state index is 11.1. The van der Waals surface area contributed by atoms with E-state index in [1.165, 1.54) is 21.5 Å². The normalized spacial score (nSPS) is 11.2. The Labute approximate surface area is 121 Å². The van der Waals surface area contributed by atoms with Crippen molar-refractivity contribution < 1.29 is 9.90 Å². The van der Waals surface area contributed by atoms with E-state index in [2.05, 4.69) is 30.3 Å². The highest BCUT2D eigenvalue weighted by Gasteiger charge is 2.08. The van der Waals surface area contributed by atoms with Crippen LogP contribution < -0.4 is 0 Å². The average Bonchev–Trinajstić information content (AvgIpc) is 2.53. The molecule has 2 nitrogen and oxygen atoms in total. The van der Waals surface area contributed by atoms with E-state index in [0.29, 0.717) is 5.56 Å². The fourth-order valence-electron chi connectivity index (χ4n) is 2.97. The molecule has 0 aliphatic rings. The Hall–Kier alpha value is -2.87. The van der Waals surface area contributed by atoms with E-state index >= 15 is 0 Å². The lowest BCUT2D eigenvalue weighted by Crippen LogP contribution is -1.95. The second kappa shape index (κ2) is 4.32. The van der Waals surface area contributed by atoms with Crippen molar-refractivity contribution in [2.75, 3.05) is 0 Å². The molecule has 0 saturated carbocycles. The molecular formula is C19H12O2. The molecule has 0 fully saturated rings. The highest BCUT2D eigenvalue weighted by molar-refractivity contribution is 6.20. The molecule has 0 heterocycles. The molecule has 4 rings (SSSR count). The highest BCUT2D eigenvalue weighted by atomic mass is 16.4. The molecule has 0 bridgehead atoms. The molecular weight excluding hydrogens is 260 g/mol. The van der Waals surface area contributed by atoms with Crippen LogP contribution in [0.3, 0.4) is 0 Å². The summed E-state index contributed by atoms with van der Waals surface area (Å²) in [4.78, 5) is 11.1. The lowest BCUT2D eigenvalue weighted by molar-refractivity contribution is 0.0697. The Morgan fingerprint density at radius 2 is 1.38 bits per heavy atom. The zero-order valence-electron chi connectivity index (χ0n) is 11.2. The molecule has 0 aliphatic carbocycles. The fourth-order valence-corrected chi connectivity index (χ4v) is 2.97. The monoisotopic (exact) mass is 272 g/mol. The highest BCUT2D eigenvalue weighted by Crippen LogP contribution is 2.32. The van der Waals surface area contributed by atoms with E-state index in [4.69, 9.17) is 5.11 Å². The van der Waals surface area contributed by atoms with E-state index in [1.54, 1.807) is 12.1 Å². The van der Waals surface area contributed by atoms with Crippen LogP contribution in [-0.4, -0.2) is 11.1 Å². The van der Waals surface area contributed by atoms with Gasteiger partial charge in [-0.3, -0.25) is 0 Å². The van der Waals surface area contributed by atoms with E-state index in [1.807, 2.05) is 24.3 Å². The molecule has 0 amide bonds. The van der Waals surface area contributed by atoms with Gasteiger partial charge in [0, 0.05) is 0 Å². The van der Waals surface area contributed by atoms with Crippen LogP contribution in [0.2, 0.25) is 0 Å². The van der Waals surface area contributed by atoms with Gasteiger partial charge in [-0.1, -0.05) is 54.6 Å². The molecule has 0 atom stereocenters. The summed E-state index contributed by atoms with van der Waals surface area (Å²) in [5, 5.41) is 15.9. The first-order chi connectivity index (χ1) is 10.2. The van der Waals surface area contributed by atoms with E-state index in [9.17, 15) is 4.79 Å². The molecule has 0 radical (unpaired) electrons. The number of fused-ring (bicyclic) bond motifs is 5. The number of aromatic carboxylic acids is 1. The Bertz CT molecular complexity index is 1020. The SMILES string of the molecule is O=C(O)c1ccc2c(ccc3ccc4ccccc4c32)c1. The van der Waals surface area contributed by atoms with Gasteiger partial charge < -0.3 is 5.11 Å². The molecule has 4 aromatic rings. The van der Waals surface area contributed by atoms with Crippen molar-refractivity contribution >= 4 is 38.3 Å². The van der Waals surface area contributed by atoms with Crippen LogP contribution in [0.25, 0.3) is 32.3 Å². The number of carboxylic acids is 1. The van der Waals surface area contributed by atoms with Crippen LogP contribution in [0.4, 0.5) is 0 Å². The lowest BCUT2D eigenvalue weighted by Gasteiger charge is -2.08. The number of hydrogen-bond donors (Lipinski definition) is 1. The van der Waals surface area contributed by atoms with Crippen molar-refractivity contribution in [2.45, 2.75) is 0 Å². The van der Waals surface area contributed by atoms with Crippen LogP contribution in [-0.2, 0) is 0 Å². The Morgan fingerprint density at radius 1 is 0.714 bits per heavy atom. The van der Waals surface area contributed by atoms with Crippen LogP contribution in [0, 0.1) is 0 Å². The first-order valence-corrected chi connectivity index (χ1v) is 6.81. The van der Waals surface area contributed by atoms with Crippen molar-refractivity contribution in [2.24, 2.45) is 0 Å². The molecule has 2 heteroatoms. The summed E-state index contributed by atoms with van der Waals surface area (Å²) in [5.74, 6) is -0.894. The number of carboxylic acid groups (broad SMARTS) is 1. The molecule has 4 aromatic carbocycles. The number of carbonyl (C=O) groups is 1. The third-order valence-corrected chi connectivity index (χ3v) is 3.97. The third kappa shape index (κ3) is 1.77. The second-order valence-corrected chi connectivity index (χ2v) is 5.19. The summed E-state index contributed by atoms with van der Waals surface area (Å²) in [6.07, 6.45) is 0. The maximum absolute atomic E-state index is 11.1. The van der Waals surface area contributed by atoms with Crippen LogP contribution in [0.1, 0.15) is 10.4 Å². The van der Waals surface area contributed by atoms with Gasteiger partial charge >= 0.3 is 5.97 Å². The minimum atomic E-state index is -0.894. The van der Waals surface area contributed by atoms with Gasteiger partial charge in [-0.25, -0.2) is 4.79 Å². The molecule has 0 unspecified atom stereocenters. The van der Waals surface area contributed by atoms with Gasteiger partial charge in [-0.15, -0.1) is 0 Å². The summed E-state index contributed by atoms with van der Waals surface area (Å²) in [6, 6.07) is 21.9.